The zero-order valence-corrected chi connectivity index (χ0v) is 12.5. The van der Waals surface area contributed by atoms with E-state index in [2.05, 4.69) is 51.6 Å². The van der Waals surface area contributed by atoms with Gasteiger partial charge in [-0.05, 0) is 36.6 Å². The van der Waals surface area contributed by atoms with Crippen LogP contribution in [0.4, 0.5) is 5.69 Å². The Kier molecular flexibility index (Phi) is 6.75. The number of nitrogens with zero attached hydrogens (tertiary/aromatic N) is 1. The first-order valence-electron chi connectivity index (χ1n) is 6.27. The van der Waals surface area contributed by atoms with E-state index in [-0.39, 0.29) is 0 Å². The molecular formula is C13H21BrN4. The Morgan fingerprint density at radius 2 is 2.17 bits per heavy atom. The fraction of sp³-hybridized carbons (Fsp3) is 0.462. The van der Waals surface area contributed by atoms with Crippen LogP contribution in [0.25, 0.3) is 0 Å². The Balaban J connectivity index is 2.78. The first kappa shape index (κ1) is 15.0. The number of hydrogen-bond donors (Lipinski definition) is 3. The monoisotopic (exact) mass is 312 g/mol. The minimum absolute atomic E-state index is 0.612. The van der Waals surface area contributed by atoms with Crippen LogP contribution in [0.2, 0.25) is 0 Å². The van der Waals surface area contributed by atoms with E-state index in [0.29, 0.717) is 5.96 Å². The Labute approximate surface area is 117 Å². The van der Waals surface area contributed by atoms with Crippen LogP contribution in [0.15, 0.2) is 27.7 Å². The van der Waals surface area contributed by atoms with Crippen LogP contribution in [0.5, 0.6) is 0 Å². The third-order valence-electron chi connectivity index (χ3n) is 2.62. The second kappa shape index (κ2) is 8.11. The van der Waals surface area contributed by atoms with Crippen LogP contribution in [0, 0.1) is 0 Å². The predicted molar refractivity (Wildman–Crippen MR) is 81.7 cm³/mol. The van der Waals surface area contributed by atoms with Gasteiger partial charge in [-0.25, -0.2) is 5.84 Å². The van der Waals surface area contributed by atoms with Gasteiger partial charge in [-0.2, -0.15) is 0 Å². The van der Waals surface area contributed by atoms with Gasteiger partial charge in [0.15, 0.2) is 0 Å². The lowest BCUT2D eigenvalue weighted by Gasteiger charge is -2.13. The largest absolute Gasteiger partial charge is 0.325 e. The van der Waals surface area contributed by atoms with Crippen LogP contribution < -0.4 is 16.6 Å². The molecule has 0 heterocycles. The van der Waals surface area contributed by atoms with E-state index >= 15 is 0 Å². The summed E-state index contributed by atoms with van der Waals surface area (Å²) in [5, 5.41) is 3.23. The maximum absolute atomic E-state index is 5.47. The molecule has 0 radical (unpaired) electrons. The summed E-state index contributed by atoms with van der Waals surface area (Å²) >= 11 is 3.47. The Bertz CT molecular complexity index is 404. The topological polar surface area (TPSA) is 62.4 Å². The number of aryl methyl sites for hydroxylation is 1. The van der Waals surface area contributed by atoms with E-state index < -0.39 is 0 Å². The van der Waals surface area contributed by atoms with Gasteiger partial charge in [0, 0.05) is 16.7 Å². The fourth-order valence-corrected chi connectivity index (χ4v) is 1.98. The van der Waals surface area contributed by atoms with E-state index in [1.165, 1.54) is 5.56 Å². The van der Waals surface area contributed by atoms with Crippen molar-refractivity contribution in [2.75, 3.05) is 11.9 Å². The highest BCUT2D eigenvalue weighted by Crippen LogP contribution is 2.21. The van der Waals surface area contributed by atoms with Gasteiger partial charge < -0.3 is 5.32 Å². The van der Waals surface area contributed by atoms with Crippen molar-refractivity contribution in [1.82, 2.24) is 5.43 Å². The van der Waals surface area contributed by atoms with E-state index in [9.17, 15) is 0 Å². The molecule has 0 amide bonds. The lowest BCUT2D eigenvalue weighted by Crippen LogP contribution is -2.36. The summed E-state index contributed by atoms with van der Waals surface area (Å²) in [6.07, 6.45) is 3.14. The highest BCUT2D eigenvalue weighted by atomic mass is 79.9. The Morgan fingerprint density at radius 1 is 1.39 bits per heavy atom. The molecule has 0 spiro atoms. The van der Waals surface area contributed by atoms with Crippen molar-refractivity contribution in [2.45, 2.75) is 33.1 Å². The second-order valence-corrected chi connectivity index (χ2v) is 4.92. The van der Waals surface area contributed by atoms with Gasteiger partial charge in [0.05, 0.1) is 0 Å². The highest BCUT2D eigenvalue weighted by Gasteiger charge is 2.03. The Morgan fingerprint density at radius 3 is 2.78 bits per heavy atom. The van der Waals surface area contributed by atoms with Gasteiger partial charge in [0.25, 0.3) is 0 Å². The molecule has 4 nitrogen and oxygen atoms in total. The summed E-state index contributed by atoms with van der Waals surface area (Å²) in [5.74, 6) is 6.08. The van der Waals surface area contributed by atoms with Gasteiger partial charge in [-0.1, -0.05) is 36.2 Å². The third-order valence-corrected chi connectivity index (χ3v) is 3.11. The van der Waals surface area contributed by atoms with Gasteiger partial charge in [-0.3, -0.25) is 10.4 Å². The molecule has 1 aromatic carbocycles. The number of guanidine groups is 1. The van der Waals surface area contributed by atoms with Crippen molar-refractivity contribution in [3.63, 3.8) is 0 Å². The molecule has 5 heteroatoms. The number of nitrogens with one attached hydrogen (secondary N) is 2. The molecular weight excluding hydrogens is 292 g/mol. The zero-order valence-electron chi connectivity index (χ0n) is 11.0. The maximum atomic E-state index is 5.47. The van der Waals surface area contributed by atoms with Crippen LogP contribution >= 0.6 is 15.9 Å². The molecule has 0 aliphatic carbocycles. The maximum Gasteiger partial charge on any atom is 0.210 e. The summed E-state index contributed by atoms with van der Waals surface area (Å²) in [6.45, 7) is 5.04. The molecule has 0 aliphatic heterocycles. The van der Waals surface area contributed by atoms with Crippen LogP contribution in [0.1, 0.15) is 32.3 Å². The van der Waals surface area contributed by atoms with Crippen molar-refractivity contribution in [1.29, 1.82) is 0 Å². The van der Waals surface area contributed by atoms with Crippen molar-refractivity contribution >= 4 is 27.6 Å². The summed E-state index contributed by atoms with van der Waals surface area (Å²) < 4.78 is 1.08. The van der Waals surface area contributed by atoms with Gasteiger partial charge >= 0.3 is 0 Å². The molecule has 4 N–H and O–H groups in total. The molecule has 0 unspecified atom stereocenters. The molecule has 0 aromatic heterocycles. The van der Waals surface area contributed by atoms with Crippen molar-refractivity contribution in [3.8, 4) is 0 Å². The summed E-state index contributed by atoms with van der Waals surface area (Å²) in [4.78, 5) is 4.38. The molecule has 100 valence electrons. The first-order chi connectivity index (χ1) is 8.71. The number of halogens is 1. The summed E-state index contributed by atoms with van der Waals surface area (Å²) in [7, 11) is 0. The van der Waals surface area contributed by atoms with Crippen LogP contribution in [0.3, 0.4) is 0 Å². The third kappa shape index (κ3) is 4.66. The number of aliphatic imine (C=N–C) groups is 1. The first-order valence-corrected chi connectivity index (χ1v) is 7.07. The second-order valence-electron chi connectivity index (χ2n) is 4.01. The van der Waals surface area contributed by atoms with Crippen molar-refractivity contribution < 1.29 is 0 Å². The number of nitrogens with two attached hydrogens (primary N) is 1. The molecule has 1 rings (SSSR count). The lowest BCUT2D eigenvalue weighted by molar-refractivity contribution is 0.801. The van der Waals surface area contributed by atoms with E-state index in [0.717, 1.165) is 36.0 Å². The molecule has 0 bridgehead atoms. The van der Waals surface area contributed by atoms with Crippen LogP contribution in [-0.2, 0) is 6.42 Å². The number of unbranched alkanes of at least 4 members (excludes halogenated alkanes) is 1. The smallest absolute Gasteiger partial charge is 0.210 e. The number of benzene rings is 1. The van der Waals surface area contributed by atoms with Gasteiger partial charge in [0.1, 0.15) is 0 Å². The number of hydrogen-bond acceptors (Lipinski definition) is 2. The molecule has 1 aromatic rings. The molecule has 0 fully saturated rings. The predicted octanol–water partition coefficient (Wildman–Crippen LogP) is 3.04. The normalized spacial score (nSPS) is 11.4. The van der Waals surface area contributed by atoms with Crippen molar-refractivity contribution in [3.05, 3.63) is 28.2 Å². The van der Waals surface area contributed by atoms with E-state index in [4.69, 9.17) is 5.84 Å². The van der Waals surface area contributed by atoms with E-state index in [1.807, 2.05) is 12.1 Å². The van der Waals surface area contributed by atoms with Crippen LogP contribution in [-0.4, -0.2) is 12.5 Å². The fourth-order valence-electron chi connectivity index (χ4n) is 1.57. The molecule has 18 heavy (non-hydrogen) atoms. The molecule has 0 aliphatic rings. The van der Waals surface area contributed by atoms with Crippen molar-refractivity contribution in [2.24, 2.45) is 10.8 Å². The minimum atomic E-state index is 0.612. The average Bonchev–Trinajstić information content (AvgIpc) is 2.39. The standard InChI is InChI=1S/C13H21BrN4/c1-3-5-8-16-13(18-15)17-12-7-6-11(14)9-10(12)4-2/h6-7,9H,3-5,8,15H2,1-2H3,(H2,16,17,18). The van der Waals surface area contributed by atoms with E-state index in [1.54, 1.807) is 0 Å². The minimum Gasteiger partial charge on any atom is -0.325 e. The number of hydrazine groups is 1. The average molecular weight is 313 g/mol. The van der Waals surface area contributed by atoms with Gasteiger partial charge in [-0.15, -0.1) is 0 Å². The molecule has 0 saturated heterocycles. The summed E-state index contributed by atoms with van der Waals surface area (Å²) in [6, 6.07) is 6.12. The SMILES string of the molecule is CCCCN=C(NN)Nc1ccc(Br)cc1CC. The Hall–Kier alpha value is -1.07. The van der Waals surface area contributed by atoms with Gasteiger partial charge in [0.2, 0.25) is 5.96 Å². The number of rotatable bonds is 5. The lowest BCUT2D eigenvalue weighted by atomic mass is 10.1. The molecule has 0 atom stereocenters. The number of anilines is 1. The molecule has 0 saturated carbocycles. The zero-order chi connectivity index (χ0) is 13.4. The highest BCUT2D eigenvalue weighted by molar-refractivity contribution is 9.10. The quantitative estimate of drug-likeness (QED) is 0.257. The summed E-state index contributed by atoms with van der Waals surface area (Å²) in [5.41, 5.74) is 4.86.